The Kier molecular flexibility index (Phi) is 10.2. The Morgan fingerprint density at radius 2 is 1.50 bits per heavy atom. The van der Waals surface area contributed by atoms with E-state index in [1.165, 1.54) is 6.92 Å². The number of nitrogens with two attached hydrogens (primary N) is 3. The zero-order chi connectivity index (χ0) is 18.9. The summed E-state index contributed by atoms with van der Waals surface area (Å²) >= 11 is 0. The monoisotopic (exact) mass is 345 g/mol. The molecule has 4 atom stereocenters. The number of carboxylic acid groups (broad SMARTS) is 1. The van der Waals surface area contributed by atoms with Crippen molar-refractivity contribution in [1.82, 2.24) is 10.6 Å². The highest BCUT2D eigenvalue weighted by molar-refractivity contribution is 5.92. The second-order valence-corrected chi connectivity index (χ2v) is 6.30. The molecule has 0 saturated carbocycles. The summed E-state index contributed by atoms with van der Waals surface area (Å²) in [6.07, 6.45) is 1.95. The highest BCUT2D eigenvalue weighted by Crippen LogP contribution is 2.05. The van der Waals surface area contributed by atoms with Crippen LogP contribution < -0.4 is 27.8 Å². The molecule has 0 aromatic rings. The maximum absolute atomic E-state index is 12.3. The molecule has 0 aliphatic carbocycles. The largest absolute Gasteiger partial charge is 0.480 e. The third-order valence-corrected chi connectivity index (χ3v) is 3.64. The summed E-state index contributed by atoms with van der Waals surface area (Å²) in [5.74, 6) is -2.52. The van der Waals surface area contributed by atoms with Crippen LogP contribution in [0.5, 0.6) is 0 Å². The molecule has 0 spiro atoms. The van der Waals surface area contributed by atoms with E-state index in [-0.39, 0.29) is 5.92 Å². The van der Waals surface area contributed by atoms with Crippen molar-refractivity contribution in [2.75, 3.05) is 6.54 Å². The number of carboxylic acids is 1. The van der Waals surface area contributed by atoms with Crippen molar-refractivity contribution < 1.29 is 19.5 Å². The van der Waals surface area contributed by atoms with Crippen LogP contribution in [0.2, 0.25) is 0 Å². The lowest BCUT2D eigenvalue weighted by Crippen LogP contribution is -2.59. The van der Waals surface area contributed by atoms with Gasteiger partial charge in [-0.05, 0) is 32.2 Å². The topological polar surface area (TPSA) is 174 Å². The van der Waals surface area contributed by atoms with Gasteiger partial charge in [-0.15, -0.1) is 0 Å². The molecule has 0 aliphatic heterocycles. The van der Waals surface area contributed by atoms with Gasteiger partial charge < -0.3 is 32.9 Å². The van der Waals surface area contributed by atoms with Crippen LogP contribution in [0.1, 0.15) is 40.0 Å². The molecular weight excluding hydrogens is 314 g/mol. The first-order valence-electron chi connectivity index (χ1n) is 8.16. The Bertz CT molecular complexity index is 428. The van der Waals surface area contributed by atoms with Crippen LogP contribution in [-0.4, -0.2) is 53.6 Å². The summed E-state index contributed by atoms with van der Waals surface area (Å²) < 4.78 is 0. The number of carbonyl (C=O) groups excluding carboxylic acids is 2. The van der Waals surface area contributed by atoms with E-state index in [0.29, 0.717) is 13.0 Å². The molecule has 0 saturated heterocycles. The van der Waals surface area contributed by atoms with E-state index in [1.54, 1.807) is 13.8 Å². The molecule has 140 valence electrons. The molecule has 2 amide bonds. The molecular formula is C15H31N5O4. The third kappa shape index (κ3) is 7.71. The fourth-order valence-electron chi connectivity index (χ4n) is 2.10. The minimum absolute atomic E-state index is 0.243. The maximum Gasteiger partial charge on any atom is 0.327 e. The minimum Gasteiger partial charge on any atom is -0.480 e. The molecule has 0 aromatic carbocycles. The fourth-order valence-corrected chi connectivity index (χ4v) is 2.10. The molecule has 9 heteroatoms. The lowest BCUT2D eigenvalue weighted by molar-refractivity contribution is -0.143. The van der Waals surface area contributed by atoms with E-state index in [9.17, 15) is 14.4 Å². The van der Waals surface area contributed by atoms with Crippen molar-refractivity contribution in [3.05, 3.63) is 0 Å². The number of rotatable bonds is 11. The summed E-state index contributed by atoms with van der Waals surface area (Å²) in [4.78, 5) is 35.6. The van der Waals surface area contributed by atoms with Crippen molar-refractivity contribution in [2.45, 2.75) is 64.2 Å². The first-order chi connectivity index (χ1) is 11.1. The van der Waals surface area contributed by atoms with Gasteiger partial charge in [-0.2, -0.15) is 0 Å². The first kappa shape index (κ1) is 22.3. The van der Waals surface area contributed by atoms with Gasteiger partial charge in [-0.3, -0.25) is 9.59 Å². The highest BCUT2D eigenvalue weighted by atomic mass is 16.4. The fraction of sp³-hybridized carbons (Fsp3) is 0.800. The second kappa shape index (κ2) is 11.0. The predicted octanol–water partition coefficient (Wildman–Crippen LogP) is -1.50. The van der Waals surface area contributed by atoms with Crippen molar-refractivity contribution in [3.8, 4) is 0 Å². The number of amides is 2. The quantitative estimate of drug-likeness (QED) is 0.247. The third-order valence-electron chi connectivity index (χ3n) is 3.64. The van der Waals surface area contributed by atoms with Gasteiger partial charge >= 0.3 is 5.97 Å². The Morgan fingerprint density at radius 3 is 1.92 bits per heavy atom. The van der Waals surface area contributed by atoms with Gasteiger partial charge in [0.05, 0.1) is 6.04 Å². The van der Waals surface area contributed by atoms with Crippen LogP contribution in [0.15, 0.2) is 0 Å². The summed E-state index contributed by atoms with van der Waals surface area (Å²) in [5, 5.41) is 14.0. The van der Waals surface area contributed by atoms with Crippen LogP contribution in [0, 0.1) is 5.92 Å². The van der Waals surface area contributed by atoms with Crippen LogP contribution in [0.25, 0.3) is 0 Å². The van der Waals surface area contributed by atoms with E-state index in [2.05, 4.69) is 10.6 Å². The van der Waals surface area contributed by atoms with E-state index >= 15 is 0 Å². The van der Waals surface area contributed by atoms with Gasteiger partial charge in [-0.1, -0.05) is 20.3 Å². The molecule has 1 unspecified atom stereocenters. The summed E-state index contributed by atoms with van der Waals surface area (Å²) in [6, 6.07) is -3.63. The summed E-state index contributed by atoms with van der Waals surface area (Å²) in [6.45, 7) is 5.49. The molecule has 0 bridgehead atoms. The number of carbonyl (C=O) groups is 3. The van der Waals surface area contributed by atoms with E-state index in [1.807, 2.05) is 0 Å². The minimum atomic E-state index is -1.23. The lowest BCUT2D eigenvalue weighted by atomic mass is 10.0. The molecule has 9 nitrogen and oxygen atoms in total. The van der Waals surface area contributed by atoms with E-state index in [0.717, 1.165) is 12.8 Å². The molecule has 0 aliphatic rings. The molecule has 0 aromatic heterocycles. The Labute approximate surface area is 142 Å². The average molecular weight is 345 g/mol. The molecule has 9 N–H and O–H groups in total. The van der Waals surface area contributed by atoms with Gasteiger partial charge in [0.15, 0.2) is 0 Å². The smallest absolute Gasteiger partial charge is 0.327 e. The standard InChI is InChI=1S/C15H31N5O4/c1-8(2)11(14(22)20-12(9(3)17)15(23)24)19-13(21)10(18)6-4-5-7-16/h8-12H,4-7,16-18H2,1-3H3,(H,19,21)(H,20,22)(H,23,24)/t9?,10-,11-,12-/m0/s1. The average Bonchev–Trinajstić information content (AvgIpc) is 2.48. The molecule has 0 rings (SSSR count). The Morgan fingerprint density at radius 1 is 0.958 bits per heavy atom. The van der Waals surface area contributed by atoms with Gasteiger partial charge in [-0.25, -0.2) is 4.79 Å². The van der Waals surface area contributed by atoms with Crippen molar-refractivity contribution in [2.24, 2.45) is 23.1 Å². The number of unbranched alkanes of at least 4 members (excludes halogenated alkanes) is 1. The zero-order valence-corrected chi connectivity index (χ0v) is 14.6. The van der Waals surface area contributed by atoms with Crippen LogP contribution in [0.4, 0.5) is 0 Å². The number of hydrogen-bond donors (Lipinski definition) is 6. The normalized spacial score (nSPS) is 16.1. The summed E-state index contributed by atoms with van der Waals surface area (Å²) in [7, 11) is 0. The summed E-state index contributed by atoms with van der Waals surface area (Å²) in [5.41, 5.74) is 16.8. The number of aliphatic carboxylic acids is 1. The van der Waals surface area contributed by atoms with Crippen molar-refractivity contribution in [3.63, 3.8) is 0 Å². The Balaban J connectivity index is 4.81. The van der Waals surface area contributed by atoms with Gasteiger partial charge in [0.1, 0.15) is 12.1 Å². The van der Waals surface area contributed by atoms with Gasteiger partial charge in [0.2, 0.25) is 11.8 Å². The van der Waals surface area contributed by atoms with Crippen LogP contribution in [-0.2, 0) is 14.4 Å². The van der Waals surface area contributed by atoms with E-state index in [4.69, 9.17) is 22.3 Å². The molecule has 24 heavy (non-hydrogen) atoms. The first-order valence-corrected chi connectivity index (χ1v) is 8.16. The zero-order valence-electron chi connectivity index (χ0n) is 14.6. The van der Waals surface area contributed by atoms with Gasteiger partial charge in [0.25, 0.3) is 0 Å². The highest BCUT2D eigenvalue weighted by Gasteiger charge is 2.31. The van der Waals surface area contributed by atoms with Crippen LogP contribution >= 0.6 is 0 Å². The van der Waals surface area contributed by atoms with Gasteiger partial charge in [0, 0.05) is 6.04 Å². The van der Waals surface area contributed by atoms with E-state index < -0.39 is 42.0 Å². The van der Waals surface area contributed by atoms with Crippen LogP contribution in [0.3, 0.4) is 0 Å². The molecule has 0 heterocycles. The SMILES string of the molecule is CC(C)[C@H](NC(=O)[C@@H](N)CCCCN)C(=O)N[C@H](C(=O)O)C(C)N. The lowest BCUT2D eigenvalue weighted by Gasteiger charge is -2.26. The number of hydrogen-bond acceptors (Lipinski definition) is 6. The van der Waals surface area contributed by atoms with Crippen molar-refractivity contribution >= 4 is 17.8 Å². The molecule has 0 radical (unpaired) electrons. The predicted molar refractivity (Wildman–Crippen MR) is 90.9 cm³/mol. The molecule has 0 fully saturated rings. The Hall–Kier alpha value is -1.71. The second-order valence-electron chi connectivity index (χ2n) is 6.30. The maximum atomic E-state index is 12.3. The van der Waals surface area contributed by atoms with Crippen molar-refractivity contribution in [1.29, 1.82) is 0 Å². The number of nitrogens with one attached hydrogen (secondary N) is 2.